The second-order valence-corrected chi connectivity index (χ2v) is 7.79. The van der Waals surface area contributed by atoms with E-state index in [9.17, 15) is 0 Å². The van der Waals surface area contributed by atoms with Crippen molar-refractivity contribution in [2.24, 2.45) is 0 Å². The first-order valence-corrected chi connectivity index (χ1v) is 8.44. The molecule has 16 heavy (non-hydrogen) atoms. The van der Waals surface area contributed by atoms with Crippen LogP contribution in [0.4, 0.5) is 0 Å². The molecule has 0 radical (unpaired) electrons. The van der Waals surface area contributed by atoms with Crippen LogP contribution in [0.2, 0.25) is 0 Å². The lowest BCUT2D eigenvalue weighted by Crippen LogP contribution is -2.33. The molecule has 0 amide bonds. The highest BCUT2D eigenvalue weighted by Gasteiger charge is 2.28. The van der Waals surface area contributed by atoms with E-state index >= 15 is 0 Å². The predicted octanol–water partition coefficient (Wildman–Crippen LogP) is 4.09. The second-order valence-electron chi connectivity index (χ2n) is 5.00. The number of allylic oxidation sites excluding steroid dienone is 1. The minimum atomic E-state index is 0.342. The van der Waals surface area contributed by atoms with Crippen molar-refractivity contribution in [2.75, 3.05) is 23.9 Å². The summed E-state index contributed by atoms with van der Waals surface area (Å²) in [5.74, 6) is 3.82. The minimum Gasteiger partial charge on any atom is -0.500 e. The summed E-state index contributed by atoms with van der Waals surface area (Å²) in [4.78, 5) is 0. The lowest BCUT2D eigenvalue weighted by atomic mass is 9.96. The van der Waals surface area contributed by atoms with Crippen molar-refractivity contribution in [3.05, 3.63) is 11.8 Å². The van der Waals surface area contributed by atoms with E-state index in [2.05, 4.69) is 36.7 Å². The maximum Gasteiger partial charge on any atom is 0.102 e. The van der Waals surface area contributed by atoms with E-state index in [0.29, 0.717) is 4.75 Å². The summed E-state index contributed by atoms with van der Waals surface area (Å²) in [5, 5.41) is 0. The molecular formula is C13H22OS2. The average Bonchev–Trinajstić information content (AvgIpc) is 2.31. The number of rotatable bonds is 3. The van der Waals surface area contributed by atoms with Gasteiger partial charge in [-0.2, -0.15) is 23.5 Å². The van der Waals surface area contributed by atoms with Gasteiger partial charge >= 0.3 is 0 Å². The fraction of sp³-hybridized carbons (Fsp3) is 0.846. The molecule has 1 saturated heterocycles. The molecule has 1 atom stereocenters. The number of thioether (sulfide) groups is 2. The molecule has 1 heterocycles. The van der Waals surface area contributed by atoms with E-state index in [1.165, 1.54) is 54.9 Å². The molecular weight excluding hydrogens is 236 g/mol. The van der Waals surface area contributed by atoms with Gasteiger partial charge in [0.25, 0.3) is 0 Å². The third-order valence-corrected chi connectivity index (χ3v) is 6.36. The van der Waals surface area contributed by atoms with Crippen molar-refractivity contribution in [2.45, 2.75) is 43.8 Å². The normalized spacial score (nSPS) is 31.2. The summed E-state index contributed by atoms with van der Waals surface area (Å²) in [5.41, 5.74) is 1.53. The maximum absolute atomic E-state index is 5.82. The van der Waals surface area contributed by atoms with Crippen LogP contribution in [-0.4, -0.2) is 28.6 Å². The molecule has 1 saturated carbocycles. The van der Waals surface area contributed by atoms with Crippen molar-refractivity contribution >= 4 is 23.5 Å². The van der Waals surface area contributed by atoms with Gasteiger partial charge in [-0.05, 0) is 38.2 Å². The number of hydrogen-bond donors (Lipinski definition) is 0. The molecule has 0 bridgehead atoms. The second kappa shape index (κ2) is 6.25. The van der Waals surface area contributed by atoms with Crippen molar-refractivity contribution in [1.29, 1.82) is 0 Å². The predicted molar refractivity (Wildman–Crippen MR) is 75.3 cm³/mol. The Hall–Kier alpha value is 0.240. The van der Waals surface area contributed by atoms with Crippen LogP contribution in [0.15, 0.2) is 11.8 Å². The molecule has 0 N–H and O–H groups in total. The smallest absolute Gasteiger partial charge is 0.102 e. The van der Waals surface area contributed by atoms with Crippen LogP contribution in [0.25, 0.3) is 0 Å². The van der Waals surface area contributed by atoms with Crippen LogP contribution in [-0.2, 0) is 4.74 Å². The van der Waals surface area contributed by atoms with Crippen LogP contribution in [0.1, 0.15) is 39.0 Å². The monoisotopic (exact) mass is 258 g/mol. The molecule has 2 fully saturated rings. The maximum atomic E-state index is 5.82. The Labute approximate surface area is 108 Å². The van der Waals surface area contributed by atoms with Gasteiger partial charge in [0.05, 0.1) is 11.0 Å². The zero-order valence-electron chi connectivity index (χ0n) is 10.2. The Balaban J connectivity index is 1.73. The first-order valence-electron chi connectivity index (χ1n) is 6.30. The Morgan fingerprint density at radius 2 is 2.06 bits per heavy atom. The molecule has 0 aromatic rings. The summed E-state index contributed by atoms with van der Waals surface area (Å²) < 4.78 is 6.16. The van der Waals surface area contributed by atoms with Crippen LogP contribution >= 0.6 is 23.5 Å². The first-order chi connectivity index (χ1) is 7.79. The first kappa shape index (κ1) is 12.7. The van der Waals surface area contributed by atoms with Crippen LogP contribution in [0.3, 0.4) is 0 Å². The highest BCUT2D eigenvalue weighted by atomic mass is 32.2. The molecule has 1 nitrogen and oxygen atoms in total. The molecule has 3 heteroatoms. The van der Waals surface area contributed by atoms with Crippen LogP contribution in [0.5, 0.6) is 0 Å². The van der Waals surface area contributed by atoms with E-state index < -0.39 is 0 Å². The molecule has 0 aromatic carbocycles. The van der Waals surface area contributed by atoms with Gasteiger partial charge in [0, 0.05) is 17.3 Å². The van der Waals surface area contributed by atoms with Crippen LogP contribution in [0, 0.1) is 0 Å². The highest BCUT2D eigenvalue weighted by molar-refractivity contribution is 8.07. The Morgan fingerprint density at radius 1 is 1.25 bits per heavy atom. The zero-order chi connectivity index (χ0) is 11.3. The quantitative estimate of drug-likeness (QED) is 0.706. The van der Waals surface area contributed by atoms with E-state index in [-0.39, 0.29) is 0 Å². The molecule has 0 aromatic heterocycles. The van der Waals surface area contributed by atoms with E-state index in [4.69, 9.17) is 4.74 Å². The van der Waals surface area contributed by atoms with Gasteiger partial charge in [0.2, 0.25) is 0 Å². The molecule has 92 valence electrons. The summed E-state index contributed by atoms with van der Waals surface area (Å²) in [6, 6.07) is 0. The van der Waals surface area contributed by atoms with Gasteiger partial charge < -0.3 is 4.74 Å². The Bertz CT molecular complexity index is 236. The van der Waals surface area contributed by atoms with Gasteiger partial charge in [-0.3, -0.25) is 0 Å². The van der Waals surface area contributed by atoms with E-state index in [1.54, 1.807) is 0 Å². The average molecular weight is 258 g/mol. The largest absolute Gasteiger partial charge is 0.500 e. The highest BCUT2D eigenvalue weighted by Crippen LogP contribution is 2.34. The summed E-state index contributed by atoms with van der Waals surface area (Å²) in [6.45, 7) is 3.22. The van der Waals surface area contributed by atoms with Gasteiger partial charge in [0.1, 0.15) is 6.61 Å². The summed E-state index contributed by atoms with van der Waals surface area (Å²) in [6.07, 6.45) is 8.71. The Morgan fingerprint density at radius 3 is 2.75 bits per heavy atom. The summed E-state index contributed by atoms with van der Waals surface area (Å²) >= 11 is 4.14. The van der Waals surface area contributed by atoms with Crippen molar-refractivity contribution in [3.63, 3.8) is 0 Å². The molecule has 1 aliphatic carbocycles. The Kier molecular flexibility index (Phi) is 4.96. The van der Waals surface area contributed by atoms with Gasteiger partial charge in [-0.15, -0.1) is 0 Å². The molecule has 1 aliphatic heterocycles. The fourth-order valence-corrected chi connectivity index (χ4v) is 4.91. The molecule has 2 rings (SSSR count). The minimum absolute atomic E-state index is 0.342. The molecule has 2 aliphatic rings. The third kappa shape index (κ3) is 3.92. The van der Waals surface area contributed by atoms with E-state index in [0.717, 1.165) is 6.61 Å². The van der Waals surface area contributed by atoms with E-state index in [1.807, 2.05) is 0 Å². The van der Waals surface area contributed by atoms with Crippen molar-refractivity contribution < 1.29 is 4.74 Å². The zero-order valence-corrected chi connectivity index (χ0v) is 11.8. The van der Waals surface area contributed by atoms with Crippen molar-refractivity contribution in [1.82, 2.24) is 0 Å². The lowest BCUT2D eigenvalue weighted by Gasteiger charge is -2.31. The third-order valence-electron chi connectivity index (χ3n) is 3.22. The SMILES string of the molecule is CC1(COC=C2CCCCC2)CSCCS1. The summed E-state index contributed by atoms with van der Waals surface area (Å²) in [7, 11) is 0. The van der Waals surface area contributed by atoms with Gasteiger partial charge in [-0.1, -0.05) is 6.42 Å². The van der Waals surface area contributed by atoms with Gasteiger partial charge in [-0.25, -0.2) is 0 Å². The topological polar surface area (TPSA) is 9.23 Å². The lowest BCUT2D eigenvalue weighted by molar-refractivity contribution is 0.222. The number of hydrogen-bond acceptors (Lipinski definition) is 3. The van der Waals surface area contributed by atoms with Gasteiger partial charge in [0.15, 0.2) is 0 Å². The van der Waals surface area contributed by atoms with Crippen molar-refractivity contribution in [3.8, 4) is 0 Å². The molecule has 1 unspecified atom stereocenters. The number of ether oxygens (including phenoxy) is 1. The fourth-order valence-electron chi connectivity index (χ4n) is 2.22. The standard InChI is InChI=1S/C13H22OS2/c1-13(11-15-7-8-16-13)10-14-9-12-5-3-2-4-6-12/h9H,2-8,10-11H2,1H3. The van der Waals surface area contributed by atoms with Crippen LogP contribution < -0.4 is 0 Å². The molecule has 0 spiro atoms.